The molecule has 0 bridgehead atoms. The number of amides is 1. The van der Waals surface area contributed by atoms with Crippen LogP contribution in [0.4, 0.5) is 0 Å². The van der Waals surface area contributed by atoms with E-state index in [-0.39, 0.29) is 5.91 Å². The van der Waals surface area contributed by atoms with Gasteiger partial charge in [-0.3, -0.25) is 10.2 Å². The van der Waals surface area contributed by atoms with E-state index in [1.165, 1.54) is 11.3 Å². The molecule has 0 spiro atoms. The van der Waals surface area contributed by atoms with E-state index in [1.807, 2.05) is 6.07 Å². The molecule has 0 unspecified atom stereocenters. The van der Waals surface area contributed by atoms with Crippen molar-refractivity contribution in [2.45, 2.75) is 6.42 Å². The van der Waals surface area contributed by atoms with Crippen LogP contribution in [0.2, 0.25) is 4.34 Å². The Kier molecular flexibility index (Phi) is 3.71. The van der Waals surface area contributed by atoms with E-state index in [0.29, 0.717) is 10.8 Å². The Morgan fingerprint density at radius 3 is 2.77 bits per heavy atom. The smallest absolute Gasteiger partial charge is 0.239 e. The number of hydrogen-bond donors (Lipinski definition) is 1. The van der Waals surface area contributed by atoms with Gasteiger partial charge in [-0.25, -0.2) is 5.01 Å². The van der Waals surface area contributed by atoms with Crippen molar-refractivity contribution in [3.8, 4) is 0 Å². The standard InChI is InChI=1S/C8H11ClN2OS/c1-11(2)10-8(12)5-6-3-4-7(9)13-6/h3-4H,5H2,1-2H3,(H,10,12). The van der Waals surface area contributed by atoms with Crippen LogP contribution in [0.5, 0.6) is 0 Å². The summed E-state index contributed by atoms with van der Waals surface area (Å²) in [6.45, 7) is 0. The first-order valence-electron chi connectivity index (χ1n) is 3.79. The lowest BCUT2D eigenvalue weighted by Gasteiger charge is -2.10. The topological polar surface area (TPSA) is 32.3 Å². The van der Waals surface area contributed by atoms with Crippen LogP contribution < -0.4 is 5.43 Å². The third-order valence-corrected chi connectivity index (χ3v) is 2.54. The quantitative estimate of drug-likeness (QED) is 0.781. The summed E-state index contributed by atoms with van der Waals surface area (Å²) in [7, 11) is 3.55. The third kappa shape index (κ3) is 3.76. The Morgan fingerprint density at radius 2 is 2.31 bits per heavy atom. The first-order chi connectivity index (χ1) is 6.08. The number of hydrazine groups is 1. The molecule has 0 atom stereocenters. The second-order valence-electron chi connectivity index (χ2n) is 2.81. The summed E-state index contributed by atoms with van der Waals surface area (Å²) in [6, 6.07) is 3.66. The summed E-state index contributed by atoms with van der Waals surface area (Å²) in [5.74, 6) is -0.0245. The van der Waals surface area contributed by atoms with E-state index in [9.17, 15) is 4.79 Å². The maximum Gasteiger partial charge on any atom is 0.239 e. The molecule has 0 radical (unpaired) electrons. The zero-order valence-electron chi connectivity index (χ0n) is 7.50. The largest absolute Gasteiger partial charge is 0.289 e. The molecule has 0 fully saturated rings. The van der Waals surface area contributed by atoms with Crippen molar-refractivity contribution in [1.82, 2.24) is 10.4 Å². The molecule has 1 aromatic rings. The van der Waals surface area contributed by atoms with Crippen LogP contribution in [0.1, 0.15) is 4.88 Å². The number of carbonyl (C=O) groups is 1. The van der Waals surface area contributed by atoms with Crippen molar-refractivity contribution in [2.24, 2.45) is 0 Å². The third-order valence-electron chi connectivity index (χ3n) is 1.31. The predicted molar refractivity (Wildman–Crippen MR) is 54.9 cm³/mol. The van der Waals surface area contributed by atoms with E-state index in [4.69, 9.17) is 11.6 Å². The van der Waals surface area contributed by atoms with Gasteiger partial charge in [-0.1, -0.05) is 11.6 Å². The Hall–Kier alpha value is -0.580. The summed E-state index contributed by atoms with van der Waals surface area (Å²) < 4.78 is 0.715. The highest BCUT2D eigenvalue weighted by molar-refractivity contribution is 7.16. The number of thiophene rings is 1. The van der Waals surface area contributed by atoms with Gasteiger partial charge in [-0.2, -0.15) is 0 Å². The fraction of sp³-hybridized carbons (Fsp3) is 0.375. The van der Waals surface area contributed by atoms with E-state index < -0.39 is 0 Å². The van der Waals surface area contributed by atoms with E-state index in [1.54, 1.807) is 25.2 Å². The fourth-order valence-corrected chi connectivity index (χ4v) is 1.98. The Labute approximate surface area is 86.3 Å². The van der Waals surface area contributed by atoms with Crippen molar-refractivity contribution in [2.75, 3.05) is 14.1 Å². The van der Waals surface area contributed by atoms with E-state index in [2.05, 4.69) is 5.43 Å². The molecule has 5 heteroatoms. The van der Waals surface area contributed by atoms with Crippen molar-refractivity contribution >= 4 is 28.8 Å². The maximum absolute atomic E-state index is 11.2. The average Bonchev–Trinajstić information content (AvgIpc) is 2.33. The lowest BCUT2D eigenvalue weighted by Crippen LogP contribution is -2.36. The van der Waals surface area contributed by atoms with Crippen LogP contribution in [0.3, 0.4) is 0 Å². The normalized spacial score (nSPS) is 10.5. The van der Waals surface area contributed by atoms with Gasteiger partial charge in [0.1, 0.15) is 0 Å². The van der Waals surface area contributed by atoms with Crippen LogP contribution in [0.25, 0.3) is 0 Å². The lowest BCUT2D eigenvalue weighted by atomic mass is 10.3. The number of nitrogens with one attached hydrogen (secondary N) is 1. The molecule has 1 rings (SSSR count). The van der Waals surface area contributed by atoms with Gasteiger partial charge in [-0.05, 0) is 12.1 Å². The number of nitrogens with zero attached hydrogens (tertiary/aromatic N) is 1. The van der Waals surface area contributed by atoms with Crippen molar-refractivity contribution in [3.63, 3.8) is 0 Å². The summed E-state index contributed by atoms with van der Waals surface area (Å²) >= 11 is 7.16. The summed E-state index contributed by atoms with van der Waals surface area (Å²) in [5.41, 5.74) is 2.66. The Bertz CT molecular complexity index is 298. The van der Waals surface area contributed by atoms with E-state index in [0.717, 1.165) is 4.88 Å². The van der Waals surface area contributed by atoms with Gasteiger partial charge in [0, 0.05) is 19.0 Å². The van der Waals surface area contributed by atoms with Gasteiger partial charge >= 0.3 is 0 Å². The van der Waals surface area contributed by atoms with Crippen LogP contribution in [-0.4, -0.2) is 25.0 Å². The first kappa shape index (κ1) is 10.5. The summed E-state index contributed by atoms with van der Waals surface area (Å²) in [4.78, 5) is 12.2. The zero-order chi connectivity index (χ0) is 9.84. The zero-order valence-corrected chi connectivity index (χ0v) is 9.08. The van der Waals surface area contributed by atoms with Gasteiger partial charge in [0.2, 0.25) is 5.91 Å². The molecule has 0 aliphatic heterocycles. The predicted octanol–water partition coefficient (Wildman–Crippen LogP) is 1.54. The molecule has 0 saturated heterocycles. The molecular weight excluding hydrogens is 208 g/mol. The summed E-state index contributed by atoms with van der Waals surface area (Å²) in [5, 5.41) is 1.62. The Morgan fingerprint density at radius 1 is 1.62 bits per heavy atom. The number of carbonyl (C=O) groups excluding carboxylic acids is 1. The van der Waals surface area contributed by atoms with Gasteiger partial charge < -0.3 is 0 Å². The van der Waals surface area contributed by atoms with Crippen LogP contribution in [-0.2, 0) is 11.2 Å². The molecule has 72 valence electrons. The highest BCUT2D eigenvalue weighted by Gasteiger charge is 2.05. The monoisotopic (exact) mass is 218 g/mol. The van der Waals surface area contributed by atoms with E-state index >= 15 is 0 Å². The molecule has 0 aliphatic rings. The molecule has 1 N–H and O–H groups in total. The van der Waals surface area contributed by atoms with Gasteiger partial charge in [0.15, 0.2) is 0 Å². The maximum atomic E-state index is 11.2. The van der Waals surface area contributed by atoms with Crippen LogP contribution in [0.15, 0.2) is 12.1 Å². The van der Waals surface area contributed by atoms with Crippen LogP contribution >= 0.6 is 22.9 Å². The molecule has 0 aliphatic carbocycles. The van der Waals surface area contributed by atoms with Gasteiger partial charge in [-0.15, -0.1) is 11.3 Å². The van der Waals surface area contributed by atoms with Gasteiger partial charge in [0.25, 0.3) is 0 Å². The average molecular weight is 219 g/mol. The molecule has 0 saturated carbocycles. The summed E-state index contributed by atoms with van der Waals surface area (Å²) in [6.07, 6.45) is 0.384. The second kappa shape index (κ2) is 4.60. The lowest BCUT2D eigenvalue weighted by molar-refractivity contribution is -0.124. The highest BCUT2D eigenvalue weighted by atomic mass is 35.5. The molecule has 0 aromatic carbocycles. The second-order valence-corrected chi connectivity index (χ2v) is 4.61. The first-order valence-corrected chi connectivity index (χ1v) is 4.98. The van der Waals surface area contributed by atoms with Crippen molar-refractivity contribution < 1.29 is 4.79 Å². The van der Waals surface area contributed by atoms with Crippen LogP contribution in [0, 0.1) is 0 Å². The highest BCUT2D eigenvalue weighted by Crippen LogP contribution is 2.21. The minimum Gasteiger partial charge on any atom is -0.289 e. The molecule has 3 nitrogen and oxygen atoms in total. The number of rotatable bonds is 3. The molecule has 13 heavy (non-hydrogen) atoms. The molecular formula is C8H11ClN2OS. The molecule has 1 aromatic heterocycles. The number of halogens is 1. The number of hydrogen-bond acceptors (Lipinski definition) is 3. The van der Waals surface area contributed by atoms with Crippen molar-refractivity contribution in [3.05, 3.63) is 21.3 Å². The fourth-order valence-electron chi connectivity index (χ4n) is 0.894. The Balaban J connectivity index is 2.45. The molecule has 1 amide bonds. The minimum atomic E-state index is -0.0245. The van der Waals surface area contributed by atoms with Gasteiger partial charge in [0.05, 0.1) is 10.8 Å². The SMILES string of the molecule is CN(C)NC(=O)Cc1ccc(Cl)s1. The van der Waals surface area contributed by atoms with Crippen molar-refractivity contribution in [1.29, 1.82) is 0 Å². The minimum absolute atomic E-state index is 0.0245. The molecule has 1 heterocycles.